The van der Waals surface area contributed by atoms with Gasteiger partial charge in [0.25, 0.3) is 0 Å². The molecule has 0 unspecified atom stereocenters. The van der Waals surface area contributed by atoms with Crippen LogP contribution < -0.4 is 5.73 Å². The first-order valence-corrected chi connectivity index (χ1v) is 5.53. The number of halogens is 1. The Morgan fingerprint density at radius 1 is 1.24 bits per heavy atom. The Labute approximate surface area is 107 Å². The Kier molecular flexibility index (Phi) is 5.35. The van der Waals surface area contributed by atoms with Gasteiger partial charge < -0.3 is 10.8 Å². The summed E-state index contributed by atoms with van der Waals surface area (Å²) in [6.07, 6.45) is 3.32. The van der Waals surface area contributed by atoms with Gasteiger partial charge in [0.05, 0.1) is 5.52 Å². The summed E-state index contributed by atoms with van der Waals surface area (Å²) < 4.78 is 0. The van der Waals surface area contributed by atoms with E-state index in [1.807, 2.05) is 30.3 Å². The molecule has 0 amide bonds. The molecule has 1 aromatic carbocycles. The quantitative estimate of drug-likeness (QED) is 0.879. The van der Waals surface area contributed by atoms with Gasteiger partial charge in [-0.2, -0.15) is 0 Å². The fraction of sp³-hybridized carbons (Fsp3) is 0.308. The van der Waals surface area contributed by atoms with Crippen molar-refractivity contribution in [1.82, 2.24) is 4.98 Å². The number of para-hydroxylation sites is 1. The number of rotatable bonds is 4. The lowest BCUT2D eigenvalue weighted by Crippen LogP contribution is -2.11. The maximum Gasteiger partial charge on any atom is 0.0705 e. The Hall–Kier alpha value is -1.16. The smallest absolute Gasteiger partial charge is 0.0705 e. The number of benzene rings is 1. The van der Waals surface area contributed by atoms with E-state index < -0.39 is 0 Å². The van der Waals surface area contributed by atoms with Crippen molar-refractivity contribution in [3.05, 3.63) is 42.1 Å². The lowest BCUT2D eigenvalue weighted by atomic mass is 9.99. The molecule has 3 N–H and O–H groups in total. The number of hydrogen-bond donors (Lipinski definition) is 2. The summed E-state index contributed by atoms with van der Waals surface area (Å²) in [5.41, 5.74) is 8.19. The fourth-order valence-corrected chi connectivity index (χ4v) is 1.91. The predicted octanol–water partition coefficient (Wildman–Crippen LogP) is 2.43. The summed E-state index contributed by atoms with van der Waals surface area (Å²) in [7, 11) is 0. The van der Waals surface area contributed by atoms with Crippen LogP contribution in [0.4, 0.5) is 0 Å². The zero-order valence-corrected chi connectivity index (χ0v) is 10.4. The molecule has 0 aliphatic carbocycles. The van der Waals surface area contributed by atoms with Crippen molar-refractivity contribution < 1.29 is 5.11 Å². The first kappa shape index (κ1) is 13.9. The van der Waals surface area contributed by atoms with E-state index in [4.69, 9.17) is 10.8 Å². The molecule has 1 aromatic heterocycles. The van der Waals surface area contributed by atoms with Gasteiger partial charge >= 0.3 is 0 Å². The molecule has 0 bridgehead atoms. The van der Waals surface area contributed by atoms with Crippen molar-refractivity contribution in [3.8, 4) is 0 Å². The number of aliphatic hydroxyl groups excluding tert-OH is 1. The maximum atomic E-state index is 8.81. The van der Waals surface area contributed by atoms with E-state index in [1.165, 1.54) is 0 Å². The number of nitrogens with two attached hydrogens (primary N) is 1. The van der Waals surface area contributed by atoms with E-state index in [-0.39, 0.29) is 25.1 Å². The minimum Gasteiger partial charge on any atom is -0.396 e. The normalized spacial score (nSPS) is 12.1. The molecule has 92 valence electrons. The molecule has 0 spiro atoms. The van der Waals surface area contributed by atoms with Gasteiger partial charge in [-0.1, -0.05) is 18.2 Å². The van der Waals surface area contributed by atoms with Crippen molar-refractivity contribution in [2.24, 2.45) is 5.73 Å². The Morgan fingerprint density at radius 2 is 2.00 bits per heavy atom. The van der Waals surface area contributed by atoms with Crippen LogP contribution in [0.25, 0.3) is 10.9 Å². The van der Waals surface area contributed by atoms with E-state index in [0.717, 1.165) is 29.3 Å². The second-order valence-electron chi connectivity index (χ2n) is 3.89. The average Bonchev–Trinajstić information content (AvgIpc) is 2.35. The highest BCUT2D eigenvalue weighted by Gasteiger charge is 2.09. The molecule has 0 saturated heterocycles. The van der Waals surface area contributed by atoms with Gasteiger partial charge in [-0.25, -0.2) is 0 Å². The number of hydrogen-bond acceptors (Lipinski definition) is 3. The van der Waals surface area contributed by atoms with E-state index in [9.17, 15) is 0 Å². The summed E-state index contributed by atoms with van der Waals surface area (Å²) in [4.78, 5) is 4.30. The summed E-state index contributed by atoms with van der Waals surface area (Å²) >= 11 is 0. The lowest BCUT2D eigenvalue weighted by molar-refractivity contribution is 0.280. The summed E-state index contributed by atoms with van der Waals surface area (Å²) in [5.74, 6) is 0. The SMILES string of the molecule is Cl.N[C@@H](CCCO)c1ccnc2ccccc12. The molecule has 0 radical (unpaired) electrons. The third-order valence-electron chi connectivity index (χ3n) is 2.76. The van der Waals surface area contributed by atoms with Crippen LogP contribution in [0.2, 0.25) is 0 Å². The molecule has 0 aliphatic heterocycles. The van der Waals surface area contributed by atoms with Crippen LogP contribution in [0.3, 0.4) is 0 Å². The molecular weight excluding hydrogens is 236 g/mol. The molecule has 2 rings (SSSR count). The van der Waals surface area contributed by atoms with Crippen LogP contribution in [0, 0.1) is 0 Å². The number of pyridine rings is 1. The Bertz CT molecular complexity index is 470. The lowest BCUT2D eigenvalue weighted by Gasteiger charge is -2.13. The number of fused-ring (bicyclic) bond motifs is 1. The average molecular weight is 253 g/mol. The molecule has 0 aliphatic rings. The number of aliphatic hydroxyl groups is 1. The zero-order valence-electron chi connectivity index (χ0n) is 9.54. The second kappa shape index (κ2) is 6.55. The Balaban J connectivity index is 0.00000144. The molecular formula is C13H17ClN2O. The van der Waals surface area contributed by atoms with Gasteiger partial charge in [0, 0.05) is 24.2 Å². The van der Waals surface area contributed by atoms with Gasteiger partial charge in [-0.05, 0) is 30.5 Å². The molecule has 1 heterocycles. The largest absolute Gasteiger partial charge is 0.396 e. The Morgan fingerprint density at radius 3 is 2.76 bits per heavy atom. The minimum absolute atomic E-state index is 0. The first-order valence-electron chi connectivity index (χ1n) is 5.53. The summed E-state index contributed by atoms with van der Waals surface area (Å²) in [6.45, 7) is 0.191. The van der Waals surface area contributed by atoms with E-state index in [0.29, 0.717) is 0 Å². The van der Waals surface area contributed by atoms with Gasteiger partial charge in [-0.3, -0.25) is 4.98 Å². The highest BCUT2D eigenvalue weighted by molar-refractivity contribution is 5.85. The molecule has 3 nitrogen and oxygen atoms in total. The van der Waals surface area contributed by atoms with E-state index in [1.54, 1.807) is 6.20 Å². The topological polar surface area (TPSA) is 59.1 Å². The molecule has 1 atom stereocenters. The monoisotopic (exact) mass is 252 g/mol. The highest BCUT2D eigenvalue weighted by atomic mass is 35.5. The molecule has 0 fully saturated rings. The molecule has 17 heavy (non-hydrogen) atoms. The van der Waals surface area contributed by atoms with Crippen LogP contribution in [-0.4, -0.2) is 16.7 Å². The zero-order chi connectivity index (χ0) is 11.4. The van der Waals surface area contributed by atoms with Crippen LogP contribution in [-0.2, 0) is 0 Å². The third kappa shape index (κ3) is 3.16. The second-order valence-corrected chi connectivity index (χ2v) is 3.89. The van der Waals surface area contributed by atoms with Crippen molar-refractivity contribution >= 4 is 23.3 Å². The van der Waals surface area contributed by atoms with Gasteiger partial charge in [-0.15, -0.1) is 12.4 Å². The summed E-state index contributed by atoms with van der Waals surface area (Å²) in [5, 5.41) is 9.91. The van der Waals surface area contributed by atoms with Crippen LogP contribution >= 0.6 is 12.4 Å². The van der Waals surface area contributed by atoms with Crippen molar-refractivity contribution in [1.29, 1.82) is 0 Å². The van der Waals surface area contributed by atoms with Crippen LogP contribution in [0.5, 0.6) is 0 Å². The third-order valence-corrected chi connectivity index (χ3v) is 2.76. The van der Waals surface area contributed by atoms with E-state index in [2.05, 4.69) is 4.98 Å². The van der Waals surface area contributed by atoms with Crippen molar-refractivity contribution in [2.45, 2.75) is 18.9 Å². The summed E-state index contributed by atoms with van der Waals surface area (Å²) in [6, 6.07) is 9.92. The molecule has 4 heteroatoms. The molecule has 2 aromatic rings. The number of aromatic nitrogens is 1. The number of nitrogens with zero attached hydrogens (tertiary/aromatic N) is 1. The minimum atomic E-state index is -0.0277. The maximum absolute atomic E-state index is 8.81. The van der Waals surface area contributed by atoms with Crippen LogP contribution in [0.1, 0.15) is 24.4 Å². The van der Waals surface area contributed by atoms with Crippen LogP contribution in [0.15, 0.2) is 36.5 Å². The standard InChI is InChI=1S/C13H16N2O.ClH/c14-12(5-3-9-16)10-7-8-15-13-6-2-1-4-11(10)13;/h1-2,4,6-8,12,16H,3,5,9,14H2;1H/t12-;/m0./s1. The first-order chi connectivity index (χ1) is 7.83. The molecule has 0 saturated carbocycles. The van der Waals surface area contributed by atoms with Gasteiger partial charge in [0.1, 0.15) is 0 Å². The fourth-order valence-electron chi connectivity index (χ4n) is 1.91. The van der Waals surface area contributed by atoms with Gasteiger partial charge in [0.2, 0.25) is 0 Å². The predicted molar refractivity (Wildman–Crippen MR) is 72.2 cm³/mol. The van der Waals surface area contributed by atoms with Gasteiger partial charge in [0.15, 0.2) is 0 Å². The van der Waals surface area contributed by atoms with Crippen molar-refractivity contribution in [3.63, 3.8) is 0 Å². The van der Waals surface area contributed by atoms with Crippen molar-refractivity contribution in [2.75, 3.05) is 6.61 Å². The highest BCUT2D eigenvalue weighted by Crippen LogP contribution is 2.23. The van der Waals surface area contributed by atoms with E-state index >= 15 is 0 Å².